The summed E-state index contributed by atoms with van der Waals surface area (Å²) in [6, 6.07) is 0.599. The summed E-state index contributed by atoms with van der Waals surface area (Å²) >= 11 is 0. The van der Waals surface area contributed by atoms with Crippen molar-refractivity contribution in [2.75, 3.05) is 13.1 Å². The summed E-state index contributed by atoms with van der Waals surface area (Å²) < 4.78 is 0. The molecule has 1 fully saturated rings. The molecule has 6 heteroatoms. The number of aryl methyl sites for hydroxylation is 1. The Hall–Kier alpha value is -1.43. The molecule has 17 heavy (non-hydrogen) atoms. The third-order valence-electron chi connectivity index (χ3n) is 3.15. The molecule has 1 aliphatic rings. The van der Waals surface area contributed by atoms with Gasteiger partial charge in [-0.25, -0.2) is 0 Å². The average molecular weight is 237 g/mol. The van der Waals surface area contributed by atoms with Gasteiger partial charge in [0.2, 0.25) is 0 Å². The Bertz CT molecular complexity index is 381. The quantitative estimate of drug-likeness (QED) is 0.772. The first-order chi connectivity index (χ1) is 8.15. The van der Waals surface area contributed by atoms with E-state index in [1.54, 1.807) is 7.05 Å². The molecule has 1 aromatic heterocycles. The van der Waals surface area contributed by atoms with Gasteiger partial charge in [0.15, 0.2) is 5.69 Å². The van der Waals surface area contributed by atoms with Crippen LogP contribution in [0.25, 0.3) is 0 Å². The number of rotatable bonds is 3. The topological polar surface area (TPSA) is 71.8 Å². The lowest BCUT2D eigenvalue weighted by molar-refractivity contribution is 0.0938. The number of nitrogens with zero attached hydrogens (tertiary/aromatic N) is 3. The van der Waals surface area contributed by atoms with E-state index in [9.17, 15) is 4.79 Å². The van der Waals surface area contributed by atoms with E-state index in [0.717, 1.165) is 13.0 Å². The van der Waals surface area contributed by atoms with Crippen LogP contribution < -0.4 is 10.6 Å². The number of nitrogens with one attached hydrogen (secondary N) is 2. The van der Waals surface area contributed by atoms with Gasteiger partial charge in [0, 0.05) is 19.6 Å². The summed E-state index contributed by atoms with van der Waals surface area (Å²) in [6.07, 6.45) is 3.82. The Labute approximate surface area is 101 Å². The molecule has 0 saturated carbocycles. The summed E-state index contributed by atoms with van der Waals surface area (Å²) in [4.78, 5) is 13.1. The van der Waals surface area contributed by atoms with Gasteiger partial charge >= 0.3 is 0 Å². The lowest BCUT2D eigenvalue weighted by Crippen LogP contribution is -2.42. The predicted octanol–water partition coefficient (Wildman–Crippen LogP) is -0.0670. The molecule has 1 aliphatic heterocycles. The van der Waals surface area contributed by atoms with Gasteiger partial charge in [-0.15, -0.1) is 5.10 Å². The highest BCUT2D eigenvalue weighted by molar-refractivity contribution is 5.91. The van der Waals surface area contributed by atoms with Crippen LogP contribution in [0.2, 0.25) is 0 Å². The molecular formula is C11H19N5O. The molecule has 2 unspecified atom stereocenters. The largest absolute Gasteiger partial charge is 0.350 e. The van der Waals surface area contributed by atoms with E-state index in [4.69, 9.17) is 0 Å². The van der Waals surface area contributed by atoms with Crippen LogP contribution in [0.3, 0.4) is 0 Å². The Morgan fingerprint density at radius 3 is 3.06 bits per heavy atom. The highest BCUT2D eigenvalue weighted by Crippen LogP contribution is 2.12. The van der Waals surface area contributed by atoms with Crippen LogP contribution in [0.15, 0.2) is 6.20 Å². The fourth-order valence-electron chi connectivity index (χ4n) is 2.01. The van der Waals surface area contributed by atoms with Gasteiger partial charge in [-0.1, -0.05) is 0 Å². The molecule has 2 rings (SSSR count). The lowest BCUT2D eigenvalue weighted by Gasteiger charge is -2.27. The third kappa shape index (κ3) is 3.26. The summed E-state index contributed by atoms with van der Waals surface area (Å²) in [5.74, 6) is 0.378. The molecule has 2 heterocycles. The normalized spacial score (nSPS) is 24.6. The standard InChI is InChI=1S/C11H19N5O/c1-8-3-4-9(5-12-8)6-13-11(17)10-7-14-16(2)15-10/h7-9,12H,3-6H2,1-2H3,(H,13,17). The van der Waals surface area contributed by atoms with Crippen LogP contribution in [-0.2, 0) is 7.05 Å². The van der Waals surface area contributed by atoms with Gasteiger partial charge in [-0.3, -0.25) is 4.79 Å². The zero-order valence-corrected chi connectivity index (χ0v) is 10.3. The number of amides is 1. The van der Waals surface area contributed by atoms with Crippen molar-refractivity contribution in [3.05, 3.63) is 11.9 Å². The molecular weight excluding hydrogens is 218 g/mol. The molecule has 2 atom stereocenters. The first kappa shape index (κ1) is 12.0. The van der Waals surface area contributed by atoms with Crippen LogP contribution >= 0.6 is 0 Å². The van der Waals surface area contributed by atoms with Crippen LogP contribution in [0.4, 0.5) is 0 Å². The Morgan fingerprint density at radius 1 is 1.65 bits per heavy atom. The molecule has 1 saturated heterocycles. The molecule has 0 radical (unpaired) electrons. The van der Waals surface area contributed by atoms with E-state index in [-0.39, 0.29) is 5.91 Å². The van der Waals surface area contributed by atoms with E-state index in [1.807, 2.05) is 0 Å². The van der Waals surface area contributed by atoms with Crippen molar-refractivity contribution < 1.29 is 4.79 Å². The number of hydrogen-bond acceptors (Lipinski definition) is 4. The predicted molar refractivity (Wildman–Crippen MR) is 63.5 cm³/mol. The molecule has 1 amide bonds. The van der Waals surface area contributed by atoms with Gasteiger partial charge in [0.05, 0.1) is 6.20 Å². The number of piperidine rings is 1. The minimum atomic E-state index is -0.142. The number of carbonyl (C=O) groups is 1. The Morgan fingerprint density at radius 2 is 2.47 bits per heavy atom. The third-order valence-corrected chi connectivity index (χ3v) is 3.15. The minimum Gasteiger partial charge on any atom is -0.350 e. The van der Waals surface area contributed by atoms with Crippen LogP contribution in [0.5, 0.6) is 0 Å². The lowest BCUT2D eigenvalue weighted by atomic mass is 9.95. The maximum Gasteiger partial charge on any atom is 0.273 e. The smallest absolute Gasteiger partial charge is 0.273 e. The highest BCUT2D eigenvalue weighted by atomic mass is 16.2. The summed E-state index contributed by atoms with van der Waals surface area (Å²) in [6.45, 7) is 3.87. The molecule has 0 aliphatic carbocycles. The van der Waals surface area contributed by atoms with E-state index in [2.05, 4.69) is 27.8 Å². The summed E-state index contributed by atoms with van der Waals surface area (Å²) in [5, 5.41) is 14.2. The molecule has 1 aromatic rings. The Balaban J connectivity index is 1.76. The molecule has 6 nitrogen and oxygen atoms in total. The minimum absolute atomic E-state index is 0.142. The van der Waals surface area contributed by atoms with Crippen LogP contribution in [-0.4, -0.2) is 40.0 Å². The van der Waals surface area contributed by atoms with E-state index in [0.29, 0.717) is 24.2 Å². The van der Waals surface area contributed by atoms with Crippen LogP contribution in [0, 0.1) is 5.92 Å². The van der Waals surface area contributed by atoms with E-state index >= 15 is 0 Å². The second-order valence-corrected chi connectivity index (χ2v) is 4.68. The molecule has 0 aromatic carbocycles. The van der Waals surface area contributed by atoms with Crippen molar-refractivity contribution >= 4 is 5.91 Å². The summed E-state index contributed by atoms with van der Waals surface area (Å²) in [5.41, 5.74) is 0.379. The first-order valence-electron chi connectivity index (χ1n) is 6.03. The maximum absolute atomic E-state index is 11.7. The first-order valence-corrected chi connectivity index (χ1v) is 6.03. The second-order valence-electron chi connectivity index (χ2n) is 4.68. The summed E-state index contributed by atoms with van der Waals surface area (Å²) in [7, 11) is 1.70. The van der Waals surface area contributed by atoms with Crippen molar-refractivity contribution in [1.29, 1.82) is 0 Å². The van der Waals surface area contributed by atoms with Crippen molar-refractivity contribution in [3.8, 4) is 0 Å². The number of hydrogen-bond donors (Lipinski definition) is 2. The molecule has 2 N–H and O–H groups in total. The van der Waals surface area contributed by atoms with Crippen molar-refractivity contribution in [1.82, 2.24) is 25.6 Å². The highest BCUT2D eigenvalue weighted by Gasteiger charge is 2.18. The second kappa shape index (κ2) is 5.27. The van der Waals surface area contributed by atoms with Gasteiger partial charge in [0.25, 0.3) is 5.91 Å². The average Bonchev–Trinajstić information content (AvgIpc) is 2.75. The monoisotopic (exact) mass is 237 g/mol. The molecule has 0 spiro atoms. The van der Waals surface area contributed by atoms with Gasteiger partial charge in [-0.05, 0) is 32.2 Å². The van der Waals surface area contributed by atoms with Crippen molar-refractivity contribution in [2.45, 2.75) is 25.8 Å². The molecule has 94 valence electrons. The Kier molecular flexibility index (Phi) is 3.73. The SMILES string of the molecule is CC1CCC(CNC(=O)c2cnn(C)n2)CN1. The zero-order chi connectivity index (χ0) is 12.3. The van der Waals surface area contributed by atoms with Crippen molar-refractivity contribution in [3.63, 3.8) is 0 Å². The zero-order valence-electron chi connectivity index (χ0n) is 10.3. The van der Waals surface area contributed by atoms with Gasteiger partial charge < -0.3 is 10.6 Å². The van der Waals surface area contributed by atoms with Gasteiger partial charge in [0.1, 0.15) is 0 Å². The number of aromatic nitrogens is 3. The van der Waals surface area contributed by atoms with E-state index in [1.165, 1.54) is 17.4 Å². The van der Waals surface area contributed by atoms with Crippen molar-refractivity contribution in [2.24, 2.45) is 13.0 Å². The fraction of sp³-hybridized carbons (Fsp3) is 0.727. The van der Waals surface area contributed by atoms with Crippen LogP contribution in [0.1, 0.15) is 30.3 Å². The number of carbonyl (C=O) groups excluding carboxylic acids is 1. The molecule has 0 bridgehead atoms. The maximum atomic E-state index is 11.7. The van der Waals surface area contributed by atoms with Gasteiger partial charge in [-0.2, -0.15) is 9.90 Å². The van der Waals surface area contributed by atoms with E-state index < -0.39 is 0 Å². The fourth-order valence-corrected chi connectivity index (χ4v) is 2.01.